The molecule has 2 aromatic carbocycles. The lowest BCUT2D eigenvalue weighted by Crippen LogP contribution is -2.25. The molecular formula is C18H17F3O3. The van der Waals surface area contributed by atoms with Crippen molar-refractivity contribution in [1.82, 2.24) is 0 Å². The molecule has 1 heterocycles. The van der Waals surface area contributed by atoms with Crippen LogP contribution < -0.4 is 14.2 Å². The van der Waals surface area contributed by atoms with Crippen molar-refractivity contribution < 1.29 is 27.4 Å². The molecule has 2 aromatic rings. The predicted molar refractivity (Wildman–Crippen MR) is 82.3 cm³/mol. The minimum Gasteiger partial charge on any atom is -0.489 e. The number of hydrogen-bond acceptors (Lipinski definition) is 3. The molecule has 0 N–H and O–H groups in total. The lowest BCUT2D eigenvalue weighted by molar-refractivity contribution is -0.274. The number of hydrogen-bond donors (Lipinski definition) is 0. The van der Waals surface area contributed by atoms with Crippen LogP contribution in [-0.2, 0) is 13.0 Å². The third-order valence-corrected chi connectivity index (χ3v) is 3.58. The number of para-hydroxylation sites is 1. The third kappa shape index (κ3) is 3.93. The summed E-state index contributed by atoms with van der Waals surface area (Å²) in [6.45, 7) is 3.87. The zero-order valence-electron chi connectivity index (χ0n) is 13.3. The van der Waals surface area contributed by atoms with E-state index in [-0.39, 0.29) is 12.4 Å². The van der Waals surface area contributed by atoms with Crippen molar-refractivity contribution in [2.75, 3.05) is 0 Å². The van der Waals surface area contributed by atoms with Gasteiger partial charge in [0.15, 0.2) is 0 Å². The van der Waals surface area contributed by atoms with Gasteiger partial charge in [0.1, 0.15) is 29.5 Å². The fourth-order valence-electron chi connectivity index (χ4n) is 2.73. The summed E-state index contributed by atoms with van der Waals surface area (Å²) in [5, 5.41) is 0. The van der Waals surface area contributed by atoms with E-state index in [4.69, 9.17) is 9.47 Å². The first-order chi connectivity index (χ1) is 11.2. The van der Waals surface area contributed by atoms with Crippen LogP contribution in [0.3, 0.4) is 0 Å². The van der Waals surface area contributed by atoms with Gasteiger partial charge >= 0.3 is 6.36 Å². The van der Waals surface area contributed by atoms with E-state index >= 15 is 0 Å². The zero-order valence-corrected chi connectivity index (χ0v) is 13.3. The van der Waals surface area contributed by atoms with Crippen molar-refractivity contribution in [2.24, 2.45) is 0 Å². The van der Waals surface area contributed by atoms with Crippen LogP contribution >= 0.6 is 0 Å². The summed E-state index contributed by atoms with van der Waals surface area (Å²) in [4.78, 5) is 0. The van der Waals surface area contributed by atoms with E-state index in [1.165, 1.54) is 12.1 Å². The van der Waals surface area contributed by atoms with Gasteiger partial charge < -0.3 is 14.2 Å². The van der Waals surface area contributed by atoms with Crippen molar-refractivity contribution in [3.8, 4) is 17.2 Å². The molecular weight excluding hydrogens is 321 g/mol. The molecule has 0 saturated carbocycles. The van der Waals surface area contributed by atoms with Gasteiger partial charge in [0.05, 0.1) is 0 Å². The lowest BCUT2D eigenvalue weighted by atomic mass is 10.0. The molecule has 128 valence electrons. The van der Waals surface area contributed by atoms with Gasteiger partial charge in [-0.05, 0) is 38.1 Å². The van der Waals surface area contributed by atoms with Crippen LogP contribution in [0.15, 0.2) is 42.5 Å². The Morgan fingerprint density at radius 2 is 1.79 bits per heavy atom. The van der Waals surface area contributed by atoms with Crippen LogP contribution in [0.1, 0.15) is 25.0 Å². The van der Waals surface area contributed by atoms with Gasteiger partial charge in [-0.3, -0.25) is 0 Å². The minimum absolute atomic E-state index is 0.0947. The van der Waals surface area contributed by atoms with E-state index in [0.29, 0.717) is 29.0 Å². The molecule has 0 fully saturated rings. The number of benzene rings is 2. The van der Waals surface area contributed by atoms with Gasteiger partial charge in [-0.2, -0.15) is 0 Å². The largest absolute Gasteiger partial charge is 0.573 e. The number of halogens is 3. The van der Waals surface area contributed by atoms with E-state index in [1.807, 2.05) is 32.0 Å². The minimum atomic E-state index is -4.74. The Bertz CT molecular complexity index is 724. The van der Waals surface area contributed by atoms with Crippen LogP contribution in [-0.4, -0.2) is 12.0 Å². The number of alkyl halides is 3. The Morgan fingerprint density at radius 1 is 1.08 bits per heavy atom. The van der Waals surface area contributed by atoms with Gasteiger partial charge in [0, 0.05) is 17.5 Å². The molecule has 0 aromatic heterocycles. The summed E-state index contributed by atoms with van der Waals surface area (Å²) in [5.74, 6) is 0.949. The normalized spacial score (nSPS) is 15.5. The molecule has 0 unspecified atom stereocenters. The summed E-state index contributed by atoms with van der Waals surface area (Å²) >= 11 is 0. The van der Waals surface area contributed by atoms with E-state index in [0.717, 1.165) is 0 Å². The maximum atomic E-state index is 12.5. The van der Waals surface area contributed by atoms with E-state index < -0.39 is 12.0 Å². The molecule has 1 aliphatic heterocycles. The molecule has 1 aliphatic rings. The monoisotopic (exact) mass is 338 g/mol. The second-order valence-corrected chi connectivity index (χ2v) is 6.26. The van der Waals surface area contributed by atoms with Gasteiger partial charge in [0.2, 0.25) is 0 Å². The second kappa shape index (κ2) is 5.92. The molecule has 0 aliphatic carbocycles. The number of ether oxygens (including phenoxy) is 3. The molecule has 3 nitrogen and oxygen atoms in total. The molecule has 0 amide bonds. The van der Waals surface area contributed by atoms with Crippen molar-refractivity contribution in [2.45, 2.75) is 38.8 Å². The maximum absolute atomic E-state index is 12.5. The second-order valence-electron chi connectivity index (χ2n) is 6.26. The predicted octanol–water partition coefficient (Wildman–Crippen LogP) is 4.88. The van der Waals surface area contributed by atoms with E-state index in [2.05, 4.69) is 4.74 Å². The first-order valence-corrected chi connectivity index (χ1v) is 7.50. The summed E-state index contributed by atoms with van der Waals surface area (Å²) < 4.78 is 53.2. The fraction of sp³-hybridized carbons (Fsp3) is 0.333. The van der Waals surface area contributed by atoms with Gasteiger partial charge in [-0.15, -0.1) is 13.2 Å². The molecule has 3 rings (SSSR count). The smallest absolute Gasteiger partial charge is 0.489 e. The SMILES string of the molecule is CC1(C)Cc2cc(OC(F)(F)F)cc(COc3ccccc3)c2O1. The van der Waals surface area contributed by atoms with Gasteiger partial charge in [0.25, 0.3) is 0 Å². The Kier molecular flexibility index (Phi) is 4.07. The lowest BCUT2D eigenvalue weighted by Gasteiger charge is -2.18. The Hall–Kier alpha value is -2.37. The molecule has 0 bridgehead atoms. The van der Waals surface area contributed by atoms with Crippen LogP contribution in [0.5, 0.6) is 17.2 Å². The topological polar surface area (TPSA) is 27.7 Å². The average Bonchev–Trinajstić information content (AvgIpc) is 2.78. The van der Waals surface area contributed by atoms with Crippen molar-refractivity contribution in [3.05, 3.63) is 53.6 Å². The maximum Gasteiger partial charge on any atom is 0.573 e. The first kappa shape index (κ1) is 16.5. The van der Waals surface area contributed by atoms with Crippen molar-refractivity contribution >= 4 is 0 Å². The van der Waals surface area contributed by atoms with Crippen LogP contribution in [0.4, 0.5) is 13.2 Å². The molecule has 0 saturated heterocycles. The molecule has 6 heteroatoms. The summed E-state index contributed by atoms with van der Waals surface area (Å²) in [6.07, 6.45) is -4.23. The highest BCUT2D eigenvalue weighted by molar-refractivity contribution is 5.50. The molecule has 0 atom stereocenters. The molecule has 0 spiro atoms. The van der Waals surface area contributed by atoms with Crippen LogP contribution in [0.2, 0.25) is 0 Å². The number of fused-ring (bicyclic) bond motifs is 1. The van der Waals surface area contributed by atoms with Crippen LogP contribution in [0, 0.1) is 0 Å². The highest BCUT2D eigenvalue weighted by Crippen LogP contribution is 2.41. The fourth-order valence-corrected chi connectivity index (χ4v) is 2.73. The Balaban J connectivity index is 1.89. The summed E-state index contributed by atoms with van der Waals surface area (Å²) in [7, 11) is 0. The van der Waals surface area contributed by atoms with Crippen molar-refractivity contribution in [3.63, 3.8) is 0 Å². The average molecular weight is 338 g/mol. The Labute approximate surface area is 138 Å². The standard InChI is InChI=1S/C18H17F3O3/c1-17(2)10-12-8-15(23-18(19,20)21)9-13(16(12)24-17)11-22-14-6-4-3-5-7-14/h3-9H,10-11H2,1-2H3. The first-order valence-electron chi connectivity index (χ1n) is 7.50. The Morgan fingerprint density at radius 3 is 2.46 bits per heavy atom. The summed E-state index contributed by atoms with van der Waals surface area (Å²) in [5.41, 5.74) is 0.746. The quantitative estimate of drug-likeness (QED) is 0.795. The van der Waals surface area contributed by atoms with Crippen molar-refractivity contribution in [1.29, 1.82) is 0 Å². The highest BCUT2D eigenvalue weighted by atomic mass is 19.4. The molecule has 0 radical (unpaired) electrons. The van der Waals surface area contributed by atoms with Gasteiger partial charge in [-0.1, -0.05) is 18.2 Å². The van der Waals surface area contributed by atoms with E-state index in [9.17, 15) is 13.2 Å². The van der Waals surface area contributed by atoms with Gasteiger partial charge in [-0.25, -0.2) is 0 Å². The molecule has 24 heavy (non-hydrogen) atoms. The van der Waals surface area contributed by atoms with E-state index in [1.54, 1.807) is 12.1 Å². The number of rotatable bonds is 4. The summed E-state index contributed by atoms with van der Waals surface area (Å²) in [6, 6.07) is 11.8. The third-order valence-electron chi connectivity index (χ3n) is 3.58. The highest BCUT2D eigenvalue weighted by Gasteiger charge is 2.35. The zero-order chi connectivity index (χ0) is 17.4. The van der Waals surface area contributed by atoms with Crippen LogP contribution in [0.25, 0.3) is 0 Å².